The predicted octanol–water partition coefficient (Wildman–Crippen LogP) is 5.45. The van der Waals surface area contributed by atoms with Crippen LogP contribution in [0, 0.1) is 11.8 Å². The number of ether oxygens (including phenoxy) is 2. The van der Waals surface area contributed by atoms with Crippen molar-refractivity contribution in [3.8, 4) is 5.75 Å². The van der Waals surface area contributed by atoms with E-state index in [-0.39, 0.29) is 23.8 Å². The molecule has 0 spiro atoms. The third kappa shape index (κ3) is 5.22. The van der Waals surface area contributed by atoms with E-state index in [0.717, 1.165) is 42.1 Å². The number of amides is 1. The van der Waals surface area contributed by atoms with Gasteiger partial charge in [-0.25, -0.2) is 0 Å². The van der Waals surface area contributed by atoms with E-state index in [9.17, 15) is 9.59 Å². The van der Waals surface area contributed by atoms with Crippen LogP contribution in [0.1, 0.15) is 48.5 Å². The molecule has 1 aromatic heterocycles. The normalized spacial score (nSPS) is 18.9. The Morgan fingerprint density at radius 3 is 2.44 bits per heavy atom. The van der Waals surface area contributed by atoms with Gasteiger partial charge < -0.3 is 19.4 Å². The number of hydrogen-bond donors (Lipinski definition) is 1. The molecule has 0 radical (unpaired) electrons. The molecule has 2 aromatic carbocycles. The molecule has 7 heteroatoms. The lowest BCUT2D eigenvalue weighted by atomic mass is 9.79. The minimum absolute atomic E-state index is 0.00738. The van der Waals surface area contributed by atoms with Gasteiger partial charge in [-0.2, -0.15) is 0 Å². The number of methoxy groups -OCH3 is 2. The number of nitrogens with one attached hydrogen (secondary N) is 1. The fraction of sp³-hybridized carbons (Fsp3) is 0.407. The van der Waals surface area contributed by atoms with Gasteiger partial charge in [0.05, 0.1) is 31.2 Å². The Kier molecular flexibility index (Phi) is 7.47. The molecule has 34 heavy (non-hydrogen) atoms. The first kappa shape index (κ1) is 24.1. The van der Waals surface area contributed by atoms with Gasteiger partial charge in [0.1, 0.15) is 5.75 Å². The highest BCUT2D eigenvalue weighted by Gasteiger charge is 2.30. The van der Waals surface area contributed by atoms with Crippen molar-refractivity contribution in [1.82, 2.24) is 9.88 Å². The van der Waals surface area contributed by atoms with Gasteiger partial charge in [0.25, 0.3) is 5.91 Å². The number of carbonyl (C=O) groups is 2. The molecule has 4 rings (SSSR count). The van der Waals surface area contributed by atoms with Crippen molar-refractivity contribution in [2.24, 2.45) is 11.8 Å². The smallest absolute Gasteiger partial charge is 0.308 e. The molecule has 1 amide bonds. The Balaban J connectivity index is 1.55. The van der Waals surface area contributed by atoms with Crippen molar-refractivity contribution < 1.29 is 19.1 Å². The lowest BCUT2D eigenvalue weighted by Gasteiger charge is -2.31. The molecular formula is C27H31ClN2O4. The van der Waals surface area contributed by atoms with Gasteiger partial charge in [-0.15, -0.1) is 0 Å². The molecule has 0 aliphatic heterocycles. The van der Waals surface area contributed by atoms with Gasteiger partial charge in [0, 0.05) is 29.2 Å². The highest BCUT2D eigenvalue weighted by atomic mass is 35.5. The summed E-state index contributed by atoms with van der Waals surface area (Å²) in [5.74, 6) is 0.691. The number of hydrogen-bond acceptors (Lipinski definition) is 4. The Hall–Kier alpha value is -2.99. The van der Waals surface area contributed by atoms with E-state index < -0.39 is 0 Å². The molecule has 0 bridgehead atoms. The average Bonchev–Trinajstić information content (AvgIpc) is 3.26. The molecule has 1 fully saturated rings. The van der Waals surface area contributed by atoms with Gasteiger partial charge >= 0.3 is 5.97 Å². The second kappa shape index (κ2) is 10.5. The van der Waals surface area contributed by atoms with Crippen LogP contribution in [-0.2, 0) is 16.1 Å². The molecule has 3 aromatic rings. The van der Waals surface area contributed by atoms with Crippen LogP contribution < -0.4 is 10.1 Å². The van der Waals surface area contributed by atoms with E-state index in [1.807, 2.05) is 49.5 Å². The second-order valence-corrected chi connectivity index (χ2v) is 9.52. The van der Waals surface area contributed by atoms with E-state index in [0.29, 0.717) is 28.8 Å². The standard InChI is InChI=1S/C27H31ClN2O4/c1-17(19-6-8-20(9-7-19)27(32)34-3)29-26(31)24-15-23(33-2)14-21-12-13-30(25(21)24)16-18-4-10-22(28)11-5-18/h4-5,10-15,17,19-20H,6-9,16H2,1-3H3,(H,29,31)/t17?,19-,20-. The monoisotopic (exact) mass is 482 g/mol. The summed E-state index contributed by atoms with van der Waals surface area (Å²) < 4.78 is 12.4. The SMILES string of the molecule is COc1cc(C(=O)NC(C)[C@H]2CC[C@H](C(=O)OC)CC2)c2c(ccn2Cc2ccc(Cl)cc2)c1. The molecule has 1 aliphatic rings. The number of fused-ring (bicyclic) bond motifs is 1. The third-order valence-corrected chi connectivity index (χ3v) is 7.20. The zero-order valence-corrected chi connectivity index (χ0v) is 20.6. The zero-order valence-electron chi connectivity index (χ0n) is 19.8. The Labute approximate surface area is 205 Å². The average molecular weight is 483 g/mol. The summed E-state index contributed by atoms with van der Waals surface area (Å²) in [5.41, 5.74) is 2.55. The maximum Gasteiger partial charge on any atom is 0.308 e. The maximum absolute atomic E-state index is 13.5. The van der Waals surface area contributed by atoms with Gasteiger partial charge in [0.2, 0.25) is 0 Å². The molecule has 1 atom stereocenters. The molecule has 6 nitrogen and oxygen atoms in total. The van der Waals surface area contributed by atoms with Crippen LogP contribution in [-0.4, -0.2) is 36.7 Å². The number of aromatic nitrogens is 1. The lowest BCUT2D eigenvalue weighted by Crippen LogP contribution is -2.40. The van der Waals surface area contributed by atoms with Crippen LogP contribution in [0.25, 0.3) is 10.9 Å². The Morgan fingerprint density at radius 1 is 1.09 bits per heavy atom. The van der Waals surface area contributed by atoms with Crippen LogP contribution in [0.5, 0.6) is 5.75 Å². The van der Waals surface area contributed by atoms with Gasteiger partial charge in [-0.1, -0.05) is 23.7 Å². The van der Waals surface area contributed by atoms with Gasteiger partial charge in [0.15, 0.2) is 0 Å². The van der Waals surface area contributed by atoms with E-state index in [1.54, 1.807) is 13.2 Å². The molecule has 180 valence electrons. The molecule has 1 aliphatic carbocycles. The highest BCUT2D eigenvalue weighted by molar-refractivity contribution is 6.30. The maximum atomic E-state index is 13.5. The van der Waals surface area contributed by atoms with Gasteiger partial charge in [-0.3, -0.25) is 9.59 Å². The van der Waals surface area contributed by atoms with E-state index in [4.69, 9.17) is 21.1 Å². The largest absolute Gasteiger partial charge is 0.497 e. The van der Waals surface area contributed by atoms with E-state index in [2.05, 4.69) is 9.88 Å². The molecule has 1 saturated carbocycles. The Bertz CT molecular complexity index is 1160. The number of benzene rings is 2. The number of rotatable bonds is 7. The van der Waals surface area contributed by atoms with E-state index >= 15 is 0 Å². The molecular weight excluding hydrogens is 452 g/mol. The Morgan fingerprint density at radius 2 is 1.79 bits per heavy atom. The van der Waals surface area contributed by atoms with Crippen molar-refractivity contribution in [1.29, 1.82) is 0 Å². The summed E-state index contributed by atoms with van der Waals surface area (Å²) in [6, 6.07) is 13.5. The molecule has 1 N–H and O–H groups in total. The number of nitrogens with zero attached hydrogens (tertiary/aromatic N) is 1. The van der Waals surface area contributed by atoms with Crippen molar-refractivity contribution in [2.45, 2.75) is 45.2 Å². The van der Waals surface area contributed by atoms with Crippen molar-refractivity contribution in [3.63, 3.8) is 0 Å². The summed E-state index contributed by atoms with van der Waals surface area (Å²) >= 11 is 6.04. The van der Waals surface area contributed by atoms with Gasteiger partial charge in [-0.05, 0) is 74.4 Å². The molecule has 1 heterocycles. The number of esters is 1. The predicted molar refractivity (Wildman–Crippen MR) is 133 cm³/mol. The minimum Gasteiger partial charge on any atom is -0.497 e. The van der Waals surface area contributed by atoms with Crippen LogP contribution in [0.4, 0.5) is 0 Å². The highest BCUT2D eigenvalue weighted by Crippen LogP contribution is 2.32. The number of halogens is 1. The van der Waals surface area contributed by atoms with E-state index in [1.165, 1.54) is 7.11 Å². The minimum atomic E-state index is -0.129. The molecule has 1 unspecified atom stereocenters. The summed E-state index contributed by atoms with van der Waals surface area (Å²) in [6.45, 7) is 2.67. The molecule has 0 saturated heterocycles. The van der Waals surface area contributed by atoms with Crippen molar-refractivity contribution in [3.05, 3.63) is 64.8 Å². The summed E-state index contributed by atoms with van der Waals surface area (Å²) in [5, 5.41) is 4.86. The van der Waals surface area contributed by atoms with Crippen LogP contribution in [0.2, 0.25) is 5.02 Å². The van der Waals surface area contributed by atoms with Crippen molar-refractivity contribution >= 4 is 34.4 Å². The van der Waals surface area contributed by atoms with Crippen LogP contribution >= 0.6 is 11.6 Å². The lowest BCUT2D eigenvalue weighted by molar-refractivity contribution is -0.146. The summed E-state index contributed by atoms with van der Waals surface area (Å²) in [4.78, 5) is 25.3. The fourth-order valence-electron chi connectivity index (χ4n) is 4.95. The third-order valence-electron chi connectivity index (χ3n) is 6.95. The van der Waals surface area contributed by atoms with Crippen LogP contribution in [0.15, 0.2) is 48.7 Å². The topological polar surface area (TPSA) is 69.6 Å². The van der Waals surface area contributed by atoms with Crippen LogP contribution in [0.3, 0.4) is 0 Å². The van der Waals surface area contributed by atoms with Crippen molar-refractivity contribution in [2.75, 3.05) is 14.2 Å². The second-order valence-electron chi connectivity index (χ2n) is 9.08. The first-order valence-electron chi connectivity index (χ1n) is 11.7. The first-order valence-corrected chi connectivity index (χ1v) is 12.1. The number of carbonyl (C=O) groups excluding carboxylic acids is 2. The first-order chi connectivity index (χ1) is 16.4. The summed E-state index contributed by atoms with van der Waals surface area (Å²) in [6.07, 6.45) is 5.37. The quantitative estimate of drug-likeness (QED) is 0.454. The fourth-order valence-corrected chi connectivity index (χ4v) is 5.08. The summed E-state index contributed by atoms with van der Waals surface area (Å²) in [7, 11) is 3.05. The zero-order chi connectivity index (χ0) is 24.2.